The highest BCUT2D eigenvalue weighted by atomic mass is 32.2. The lowest BCUT2D eigenvalue weighted by Gasteiger charge is -2.05. The lowest BCUT2D eigenvalue weighted by Crippen LogP contribution is -2.19. The molecule has 0 atom stereocenters. The highest BCUT2D eigenvalue weighted by Crippen LogP contribution is 2.09. The predicted octanol–water partition coefficient (Wildman–Crippen LogP) is -0.323. The summed E-state index contributed by atoms with van der Waals surface area (Å²) >= 11 is 0. The summed E-state index contributed by atoms with van der Waals surface area (Å²) in [6.07, 6.45) is 0. The summed E-state index contributed by atoms with van der Waals surface area (Å²) < 4.78 is 25.1. The fourth-order valence-corrected chi connectivity index (χ4v) is 1.95. The fraction of sp³-hybridized carbons (Fsp3) is 0.400. The third-order valence-electron chi connectivity index (χ3n) is 2.12. The first-order valence-corrected chi connectivity index (χ1v) is 6.42. The van der Waals surface area contributed by atoms with Gasteiger partial charge >= 0.3 is 0 Å². The van der Waals surface area contributed by atoms with Crippen LogP contribution in [-0.2, 0) is 16.6 Å². The van der Waals surface area contributed by atoms with Crippen LogP contribution in [0.1, 0.15) is 5.56 Å². The van der Waals surface area contributed by atoms with E-state index in [0.29, 0.717) is 13.1 Å². The van der Waals surface area contributed by atoms with E-state index in [0.717, 1.165) is 5.56 Å². The summed E-state index contributed by atoms with van der Waals surface area (Å²) in [5.74, 6) is 0. The molecule has 6 heteroatoms. The smallest absolute Gasteiger partial charge is 0.240 e. The average molecular weight is 244 g/mol. The van der Waals surface area contributed by atoms with Gasteiger partial charge in [-0.3, -0.25) is 0 Å². The van der Waals surface area contributed by atoms with Crippen molar-refractivity contribution in [2.24, 2.45) is 0 Å². The first-order valence-electron chi connectivity index (χ1n) is 4.94. The zero-order chi connectivity index (χ0) is 12.0. The van der Waals surface area contributed by atoms with Crippen molar-refractivity contribution in [2.75, 3.05) is 20.2 Å². The van der Waals surface area contributed by atoms with Crippen LogP contribution in [0.4, 0.5) is 0 Å². The van der Waals surface area contributed by atoms with Gasteiger partial charge in [-0.1, -0.05) is 12.1 Å². The first kappa shape index (κ1) is 13.1. The van der Waals surface area contributed by atoms with E-state index in [9.17, 15) is 8.42 Å². The second-order valence-corrected chi connectivity index (χ2v) is 5.14. The molecular weight excluding hydrogens is 228 g/mol. The van der Waals surface area contributed by atoms with Gasteiger partial charge in [0.1, 0.15) is 0 Å². The monoisotopic (exact) mass is 244 g/mol. The molecule has 0 aliphatic heterocycles. The summed E-state index contributed by atoms with van der Waals surface area (Å²) in [7, 11) is -1.97. The molecule has 90 valence electrons. The molecule has 0 radical (unpaired) electrons. The number of rotatable bonds is 6. The molecule has 0 fully saturated rings. The van der Waals surface area contributed by atoms with Gasteiger partial charge in [-0.05, 0) is 24.7 Å². The average Bonchev–Trinajstić information content (AvgIpc) is 2.30. The van der Waals surface area contributed by atoms with E-state index in [1.54, 1.807) is 24.3 Å². The van der Waals surface area contributed by atoms with E-state index >= 15 is 0 Å². The minimum atomic E-state index is -3.35. The third-order valence-corrected chi connectivity index (χ3v) is 3.55. The Morgan fingerprint density at radius 2 is 1.88 bits per heavy atom. The van der Waals surface area contributed by atoms with Gasteiger partial charge in [0, 0.05) is 13.1 Å². The van der Waals surface area contributed by atoms with Crippen LogP contribution in [0.2, 0.25) is 0 Å². The molecule has 0 unspecified atom stereocenters. The molecule has 1 aromatic carbocycles. The molecule has 0 saturated heterocycles. The van der Waals surface area contributed by atoms with Gasteiger partial charge < -0.3 is 10.4 Å². The van der Waals surface area contributed by atoms with Crippen molar-refractivity contribution in [3.8, 4) is 0 Å². The maximum absolute atomic E-state index is 11.4. The molecule has 0 spiro atoms. The second-order valence-electron chi connectivity index (χ2n) is 3.25. The van der Waals surface area contributed by atoms with Crippen LogP contribution in [0, 0.1) is 0 Å². The molecule has 0 heterocycles. The third kappa shape index (κ3) is 3.57. The molecule has 1 rings (SSSR count). The van der Waals surface area contributed by atoms with Crippen LogP contribution < -0.4 is 10.0 Å². The summed E-state index contributed by atoms with van der Waals surface area (Å²) in [5.41, 5.74) is 0.975. The van der Waals surface area contributed by atoms with Crippen molar-refractivity contribution in [1.29, 1.82) is 0 Å². The standard InChI is InChI=1S/C10H16N2O3S/c1-11-16(14,15)10-4-2-9(3-5-10)8-12-6-7-13/h2-5,11-13H,6-8H2,1H3. The molecule has 3 N–H and O–H groups in total. The number of aliphatic hydroxyl groups is 1. The number of benzene rings is 1. The van der Waals surface area contributed by atoms with Crippen molar-refractivity contribution in [3.05, 3.63) is 29.8 Å². The van der Waals surface area contributed by atoms with Crippen molar-refractivity contribution >= 4 is 10.0 Å². The molecule has 0 aromatic heterocycles. The summed E-state index contributed by atoms with van der Waals surface area (Å²) in [4.78, 5) is 0.251. The quantitative estimate of drug-likeness (QED) is 0.599. The normalized spacial score (nSPS) is 11.6. The highest BCUT2D eigenvalue weighted by Gasteiger charge is 2.09. The molecule has 0 amide bonds. The fourth-order valence-electron chi connectivity index (χ4n) is 1.22. The van der Waals surface area contributed by atoms with E-state index in [2.05, 4.69) is 10.0 Å². The number of nitrogens with one attached hydrogen (secondary N) is 2. The molecule has 16 heavy (non-hydrogen) atoms. The van der Waals surface area contributed by atoms with Gasteiger partial charge in [0.05, 0.1) is 11.5 Å². The zero-order valence-electron chi connectivity index (χ0n) is 9.10. The Morgan fingerprint density at radius 1 is 1.25 bits per heavy atom. The van der Waals surface area contributed by atoms with Crippen molar-refractivity contribution in [1.82, 2.24) is 10.0 Å². The van der Waals surface area contributed by atoms with Crippen LogP contribution in [0.25, 0.3) is 0 Å². The first-order chi connectivity index (χ1) is 7.60. The van der Waals surface area contributed by atoms with E-state index in [1.165, 1.54) is 7.05 Å². The lowest BCUT2D eigenvalue weighted by molar-refractivity contribution is 0.292. The van der Waals surface area contributed by atoms with Gasteiger partial charge in [0.2, 0.25) is 10.0 Å². The largest absolute Gasteiger partial charge is 0.395 e. The summed E-state index contributed by atoms with van der Waals surface area (Å²) in [6.45, 7) is 1.23. The van der Waals surface area contributed by atoms with Gasteiger partial charge in [0.15, 0.2) is 0 Å². The van der Waals surface area contributed by atoms with Crippen LogP contribution in [-0.4, -0.2) is 33.7 Å². The Kier molecular flexibility index (Phi) is 4.88. The van der Waals surface area contributed by atoms with Crippen LogP contribution >= 0.6 is 0 Å². The molecular formula is C10H16N2O3S. The molecule has 1 aromatic rings. The minimum absolute atomic E-state index is 0.0895. The zero-order valence-corrected chi connectivity index (χ0v) is 9.92. The molecule has 0 aliphatic rings. The van der Waals surface area contributed by atoms with E-state index in [-0.39, 0.29) is 11.5 Å². The number of aliphatic hydroxyl groups excluding tert-OH is 1. The van der Waals surface area contributed by atoms with Crippen molar-refractivity contribution in [2.45, 2.75) is 11.4 Å². The Morgan fingerprint density at radius 3 is 2.38 bits per heavy atom. The molecule has 5 nitrogen and oxygen atoms in total. The van der Waals surface area contributed by atoms with Gasteiger partial charge in [0.25, 0.3) is 0 Å². The SMILES string of the molecule is CNS(=O)(=O)c1ccc(CNCCO)cc1. The number of sulfonamides is 1. The summed E-state index contributed by atoms with van der Waals surface area (Å²) in [5, 5.41) is 11.6. The Labute approximate surface area is 95.5 Å². The van der Waals surface area contributed by atoms with E-state index in [1.807, 2.05) is 0 Å². The second kappa shape index (κ2) is 5.95. The van der Waals surface area contributed by atoms with Gasteiger partial charge in [-0.2, -0.15) is 0 Å². The van der Waals surface area contributed by atoms with Gasteiger partial charge in [-0.25, -0.2) is 13.1 Å². The molecule has 0 bridgehead atoms. The lowest BCUT2D eigenvalue weighted by atomic mass is 10.2. The number of hydrogen-bond donors (Lipinski definition) is 3. The van der Waals surface area contributed by atoms with E-state index in [4.69, 9.17) is 5.11 Å². The van der Waals surface area contributed by atoms with Crippen LogP contribution in [0.5, 0.6) is 0 Å². The minimum Gasteiger partial charge on any atom is -0.395 e. The topological polar surface area (TPSA) is 78.4 Å². The van der Waals surface area contributed by atoms with Gasteiger partial charge in [-0.15, -0.1) is 0 Å². The Bertz CT molecular complexity index is 414. The Hall–Kier alpha value is -0.950. The van der Waals surface area contributed by atoms with Crippen LogP contribution in [0.15, 0.2) is 29.2 Å². The predicted molar refractivity (Wildman–Crippen MR) is 61.5 cm³/mol. The summed E-state index contributed by atoms with van der Waals surface area (Å²) in [6, 6.07) is 6.60. The molecule has 0 saturated carbocycles. The maximum Gasteiger partial charge on any atom is 0.240 e. The maximum atomic E-state index is 11.4. The molecule has 0 aliphatic carbocycles. The highest BCUT2D eigenvalue weighted by molar-refractivity contribution is 7.89. The van der Waals surface area contributed by atoms with Crippen LogP contribution in [0.3, 0.4) is 0 Å². The van der Waals surface area contributed by atoms with Crippen molar-refractivity contribution < 1.29 is 13.5 Å². The van der Waals surface area contributed by atoms with Crippen molar-refractivity contribution in [3.63, 3.8) is 0 Å². The Balaban J connectivity index is 2.68. The number of hydrogen-bond acceptors (Lipinski definition) is 4. The van der Waals surface area contributed by atoms with E-state index < -0.39 is 10.0 Å².